The Balaban J connectivity index is 1.60. The molecule has 1 aromatic carbocycles. The summed E-state index contributed by atoms with van der Waals surface area (Å²) in [6, 6.07) is 4.44. The van der Waals surface area contributed by atoms with Crippen LogP contribution in [-0.4, -0.2) is 79.3 Å². The van der Waals surface area contributed by atoms with Crippen molar-refractivity contribution in [1.29, 1.82) is 0 Å². The van der Waals surface area contributed by atoms with E-state index in [9.17, 15) is 27.6 Å². The number of ketones is 1. The highest BCUT2D eigenvalue weighted by Gasteiger charge is 2.41. The maximum atomic E-state index is 13.8. The second-order valence-electron chi connectivity index (χ2n) is 11.2. The number of carbonyl (C=O) groups excluding carboxylic acids is 4. The van der Waals surface area contributed by atoms with Crippen LogP contribution in [0.5, 0.6) is 0 Å². The number of benzene rings is 1. The van der Waals surface area contributed by atoms with Gasteiger partial charge >= 0.3 is 0 Å². The van der Waals surface area contributed by atoms with Crippen molar-refractivity contribution in [2.75, 3.05) is 19.3 Å². The zero-order chi connectivity index (χ0) is 29.2. The van der Waals surface area contributed by atoms with Crippen LogP contribution in [0.1, 0.15) is 56.3 Å². The Morgan fingerprint density at radius 1 is 1.20 bits per heavy atom. The standard InChI is InChI=1S/C27H37N5O6S2/c1-15(2)22(31-40(4,37)38)27(36)32-12-10-16(3)13-20(32)25(35)29-19(14-17-9-11-28-24(17)34)23(33)26-30-18-7-5-6-8-21(18)39-26/h5-8,15-17,19-20,22,31H,9-14H2,1-4H3,(H,28,34)(H,29,35)/t16-,17+,19+,20+,22+/m1/s1. The first kappa shape index (κ1) is 30.1. The fraction of sp³-hybridized carbons (Fsp3) is 0.593. The average molecular weight is 592 g/mol. The monoisotopic (exact) mass is 591 g/mol. The summed E-state index contributed by atoms with van der Waals surface area (Å²) < 4.78 is 27.2. The fourth-order valence-corrected chi connectivity index (χ4v) is 7.11. The number of hydrogen-bond donors (Lipinski definition) is 3. The summed E-state index contributed by atoms with van der Waals surface area (Å²) in [7, 11) is -3.68. The zero-order valence-corrected chi connectivity index (χ0v) is 24.8. The van der Waals surface area contributed by atoms with Gasteiger partial charge in [0, 0.05) is 19.0 Å². The first-order chi connectivity index (χ1) is 18.8. The van der Waals surface area contributed by atoms with Gasteiger partial charge in [-0.1, -0.05) is 32.9 Å². The van der Waals surface area contributed by atoms with Gasteiger partial charge in [0.15, 0.2) is 5.01 Å². The molecule has 0 aliphatic carbocycles. The van der Waals surface area contributed by atoms with Gasteiger partial charge in [0.05, 0.1) is 22.5 Å². The van der Waals surface area contributed by atoms with Gasteiger partial charge in [-0.25, -0.2) is 18.1 Å². The lowest BCUT2D eigenvalue weighted by atomic mass is 9.89. The second-order valence-corrected chi connectivity index (χ2v) is 14.0. The number of aromatic nitrogens is 1. The molecular weight excluding hydrogens is 554 g/mol. The summed E-state index contributed by atoms with van der Waals surface area (Å²) in [6.07, 6.45) is 2.70. The van der Waals surface area contributed by atoms with E-state index >= 15 is 0 Å². The molecule has 2 aliphatic rings. The molecule has 2 saturated heterocycles. The van der Waals surface area contributed by atoms with Crippen LogP contribution in [0.25, 0.3) is 10.2 Å². The van der Waals surface area contributed by atoms with Gasteiger partial charge in [0.25, 0.3) is 0 Å². The van der Waals surface area contributed by atoms with Crippen LogP contribution in [0, 0.1) is 17.8 Å². The van der Waals surface area contributed by atoms with Crippen molar-refractivity contribution in [3.8, 4) is 0 Å². The number of carbonyl (C=O) groups is 4. The molecule has 3 N–H and O–H groups in total. The van der Waals surface area contributed by atoms with E-state index in [-0.39, 0.29) is 41.5 Å². The first-order valence-electron chi connectivity index (χ1n) is 13.6. The molecule has 0 saturated carbocycles. The number of piperidine rings is 1. The number of fused-ring (bicyclic) bond motifs is 1. The van der Waals surface area contributed by atoms with E-state index in [0.717, 1.165) is 11.0 Å². The van der Waals surface area contributed by atoms with Crippen LogP contribution in [0.2, 0.25) is 0 Å². The van der Waals surface area contributed by atoms with Crippen molar-refractivity contribution in [2.45, 2.75) is 64.6 Å². The number of para-hydroxylation sites is 1. The average Bonchev–Trinajstić information content (AvgIpc) is 3.51. The molecule has 40 heavy (non-hydrogen) atoms. The summed E-state index contributed by atoms with van der Waals surface area (Å²) >= 11 is 1.23. The Morgan fingerprint density at radius 3 is 2.55 bits per heavy atom. The quantitative estimate of drug-likeness (QED) is 0.355. The highest BCUT2D eigenvalue weighted by Crippen LogP contribution is 2.27. The summed E-state index contributed by atoms with van der Waals surface area (Å²) in [6.45, 7) is 6.26. The Hall–Kier alpha value is -2.90. The van der Waals surface area contributed by atoms with Gasteiger partial charge in [-0.15, -0.1) is 11.3 Å². The van der Waals surface area contributed by atoms with Crippen LogP contribution < -0.4 is 15.4 Å². The highest BCUT2D eigenvalue weighted by atomic mass is 32.2. The Kier molecular flexibility index (Phi) is 9.26. The Bertz CT molecular complexity index is 1360. The zero-order valence-electron chi connectivity index (χ0n) is 23.2. The Morgan fingerprint density at radius 2 is 1.93 bits per heavy atom. The topological polar surface area (TPSA) is 155 Å². The molecule has 0 bridgehead atoms. The molecular formula is C27H37N5O6S2. The lowest BCUT2D eigenvalue weighted by Gasteiger charge is -2.40. The number of thiazole rings is 1. The molecule has 0 unspecified atom stereocenters. The van der Waals surface area contributed by atoms with Crippen molar-refractivity contribution >= 4 is 55.1 Å². The number of amides is 3. The molecule has 218 valence electrons. The molecule has 2 aliphatic heterocycles. The van der Waals surface area contributed by atoms with Gasteiger partial charge in [-0.05, 0) is 49.7 Å². The molecule has 0 spiro atoms. The molecule has 0 radical (unpaired) electrons. The molecule has 4 rings (SSSR count). The predicted molar refractivity (Wildman–Crippen MR) is 152 cm³/mol. The molecule has 11 nitrogen and oxygen atoms in total. The van der Waals surface area contributed by atoms with Crippen molar-refractivity contribution in [1.82, 2.24) is 25.2 Å². The maximum absolute atomic E-state index is 13.8. The predicted octanol–water partition coefficient (Wildman–Crippen LogP) is 1.69. The maximum Gasteiger partial charge on any atom is 0.243 e. The van der Waals surface area contributed by atoms with Crippen molar-refractivity contribution in [3.63, 3.8) is 0 Å². The number of nitrogens with one attached hydrogen (secondary N) is 3. The van der Waals surface area contributed by atoms with E-state index < -0.39 is 45.9 Å². The lowest BCUT2D eigenvalue weighted by Crippen LogP contribution is -2.60. The molecule has 2 fully saturated rings. The number of sulfonamides is 1. The minimum Gasteiger partial charge on any atom is -0.356 e. The van der Waals surface area contributed by atoms with E-state index in [0.29, 0.717) is 31.3 Å². The summed E-state index contributed by atoms with van der Waals surface area (Å²) in [5.74, 6) is -2.16. The van der Waals surface area contributed by atoms with E-state index in [2.05, 4.69) is 20.3 Å². The largest absolute Gasteiger partial charge is 0.356 e. The summed E-state index contributed by atoms with van der Waals surface area (Å²) in [5.41, 5.74) is 0.676. The van der Waals surface area contributed by atoms with Crippen LogP contribution in [0.15, 0.2) is 24.3 Å². The summed E-state index contributed by atoms with van der Waals surface area (Å²) in [5, 5.41) is 5.88. The van der Waals surface area contributed by atoms with Gasteiger partial charge in [0.2, 0.25) is 33.5 Å². The summed E-state index contributed by atoms with van der Waals surface area (Å²) in [4.78, 5) is 59.4. The van der Waals surface area contributed by atoms with Crippen molar-refractivity contribution in [2.24, 2.45) is 17.8 Å². The lowest BCUT2D eigenvalue weighted by molar-refractivity contribution is -0.145. The molecule has 13 heteroatoms. The van der Waals surface area contributed by atoms with E-state index in [1.54, 1.807) is 13.8 Å². The van der Waals surface area contributed by atoms with E-state index in [1.807, 2.05) is 31.2 Å². The van der Waals surface area contributed by atoms with Crippen LogP contribution in [0.4, 0.5) is 0 Å². The first-order valence-corrected chi connectivity index (χ1v) is 16.3. The SMILES string of the molecule is CC(C)[C@H](NS(C)(=O)=O)C(=O)N1CC[C@@H](C)C[C@H]1C(=O)N[C@@H](C[C@@H]1CCNC1=O)C(=O)c1nc2ccccc2s1. The fourth-order valence-electron chi connectivity index (χ4n) is 5.32. The normalized spacial score (nSPS) is 23.2. The van der Waals surface area contributed by atoms with Gasteiger partial charge in [-0.2, -0.15) is 0 Å². The molecule has 3 amide bonds. The third-order valence-electron chi connectivity index (χ3n) is 7.54. The number of rotatable bonds is 10. The molecule has 3 heterocycles. The van der Waals surface area contributed by atoms with Crippen LogP contribution in [0.3, 0.4) is 0 Å². The number of hydrogen-bond acceptors (Lipinski definition) is 8. The van der Waals surface area contributed by atoms with Crippen LogP contribution in [-0.2, 0) is 24.4 Å². The number of likely N-dealkylation sites (tertiary alicyclic amines) is 1. The van der Waals surface area contributed by atoms with Crippen molar-refractivity contribution in [3.05, 3.63) is 29.3 Å². The van der Waals surface area contributed by atoms with Gasteiger partial charge in [0.1, 0.15) is 12.1 Å². The molecule has 2 aromatic rings. The van der Waals surface area contributed by atoms with Crippen LogP contribution >= 0.6 is 11.3 Å². The number of Topliss-reactive ketones (excluding diaryl/α,β-unsaturated/α-hetero) is 1. The second kappa shape index (κ2) is 12.3. The number of nitrogens with zero attached hydrogens (tertiary/aromatic N) is 2. The highest BCUT2D eigenvalue weighted by molar-refractivity contribution is 7.88. The van der Waals surface area contributed by atoms with Gasteiger partial charge in [-0.3, -0.25) is 19.2 Å². The molecule has 1 aromatic heterocycles. The third kappa shape index (κ3) is 7.05. The van der Waals surface area contributed by atoms with Gasteiger partial charge < -0.3 is 15.5 Å². The minimum absolute atomic E-state index is 0.118. The Labute approximate surface area is 238 Å². The van der Waals surface area contributed by atoms with E-state index in [1.165, 1.54) is 16.2 Å². The van der Waals surface area contributed by atoms with E-state index in [4.69, 9.17) is 0 Å². The molecule has 5 atom stereocenters. The smallest absolute Gasteiger partial charge is 0.243 e. The third-order valence-corrected chi connectivity index (χ3v) is 9.28. The minimum atomic E-state index is -3.68. The van der Waals surface area contributed by atoms with Crippen molar-refractivity contribution < 1.29 is 27.6 Å².